The molecule has 0 unspecified atom stereocenters. The average Bonchev–Trinajstić information content (AvgIpc) is 3.32. The first-order chi connectivity index (χ1) is 16.5. The van der Waals surface area contributed by atoms with Gasteiger partial charge in [0.15, 0.2) is 12.4 Å². The number of anilines is 1. The first-order valence-electron chi connectivity index (χ1n) is 11.2. The average molecular weight is 486 g/mol. The summed E-state index contributed by atoms with van der Waals surface area (Å²) in [6, 6.07) is 11.7. The van der Waals surface area contributed by atoms with Gasteiger partial charge in [0.25, 0.3) is 10.0 Å². The van der Waals surface area contributed by atoms with Crippen LogP contribution < -0.4 is 9.04 Å². The molecule has 0 spiro atoms. The lowest BCUT2D eigenvalue weighted by Gasteiger charge is -2.30. The minimum atomic E-state index is -3.99. The van der Waals surface area contributed by atoms with Crippen LogP contribution in [0.3, 0.4) is 0 Å². The Morgan fingerprint density at radius 2 is 2.00 bits per heavy atom. The molecule has 2 aromatic carbocycles. The number of hydrogen-bond donors (Lipinski definition) is 0. The number of esters is 1. The van der Waals surface area contributed by atoms with Crippen LogP contribution in [0.1, 0.15) is 47.9 Å². The van der Waals surface area contributed by atoms with Crippen molar-refractivity contribution in [2.75, 3.05) is 18.0 Å². The van der Waals surface area contributed by atoms with Crippen molar-refractivity contribution in [3.63, 3.8) is 0 Å². The number of carbonyl (C=O) groups is 1. The number of rotatable bonds is 9. The van der Waals surface area contributed by atoms with Gasteiger partial charge in [0.2, 0.25) is 0 Å². The Morgan fingerprint density at radius 1 is 1.18 bits per heavy atom. The third kappa shape index (κ3) is 4.74. The molecule has 1 aromatic heterocycles. The molecular weight excluding hydrogens is 458 g/mol. The van der Waals surface area contributed by atoms with Crippen LogP contribution in [0.5, 0.6) is 5.75 Å². The molecule has 2 heterocycles. The number of nitrogens with zero attached hydrogens (tertiary/aromatic N) is 5. The molecule has 0 saturated heterocycles. The van der Waals surface area contributed by atoms with Gasteiger partial charge in [-0.05, 0) is 59.5 Å². The number of aryl methyl sites for hydroxylation is 2. The van der Waals surface area contributed by atoms with Crippen LogP contribution in [0.4, 0.5) is 5.69 Å². The number of tetrazole rings is 1. The fourth-order valence-electron chi connectivity index (χ4n) is 3.89. The zero-order valence-electron chi connectivity index (χ0n) is 19.2. The first kappa shape index (κ1) is 23.7. The number of benzene rings is 2. The number of ether oxygens (including phenoxy) is 2. The minimum Gasteiger partial charge on any atom is -0.495 e. The highest BCUT2D eigenvalue weighted by molar-refractivity contribution is 7.93. The highest BCUT2D eigenvalue weighted by Gasteiger charge is 2.32. The molecule has 11 heteroatoms. The van der Waals surface area contributed by atoms with Crippen molar-refractivity contribution in [1.29, 1.82) is 0 Å². The summed E-state index contributed by atoms with van der Waals surface area (Å²) >= 11 is 0. The Labute approximate surface area is 198 Å². The summed E-state index contributed by atoms with van der Waals surface area (Å²) in [5.41, 5.74) is 1.70. The topological polar surface area (TPSA) is 117 Å². The smallest absolute Gasteiger partial charge is 0.338 e. The zero-order chi connectivity index (χ0) is 24.1. The molecule has 180 valence electrons. The summed E-state index contributed by atoms with van der Waals surface area (Å²) in [7, 11) is -2.59. The van der Waals surface area contributed by atoms with E-state index in [1.807, 2.05) is 18.2 Å². The van der Waals surface area contributed by atoms with Gasteiger partial charge in [-0.3, -0.25) is 4.31 Å². The van der Waals surface area contributed by atoms with E-state index < -0.39 is 16.0 Å². The molecule has 0 saturated carbocycles. The summed E-state index contributed by atoms with van der Waals surface area (Å²) in [5, 5.41) is 11.4. The molecule has 0 N–H and O–H groups in total. The Balaban J connectivity index is 1.59. The summed E-state index contributed by atoms with van der Waals surface area (Å²) in [5.74, 6) is -0.0978. The maximum atomic E-state index is 13.7. The molecule has 1 aliphatic rings. The summed E-state index contributed by atoms with van der Waals surface area (Å²) < 4.78 is 41.0. The normalized spacial score (nSPS) is 13.4. The van der Waals surface area contributed by atoms with E-state index >= 15 is 0 Å². The van der Waals surface area contributed by atoms with E-state index in [9.17, 15) is 13.2 Å². The zero-order valence-corrected chi connectivity index (χ0v) is 20.0. The molecule has 0 aliphatic carbocycles. The lowest BCUT2D eigenvalue weighted by Crippen LogP contribution is -2.35. The second-order valence-corrected chi connectivity index (χ2v) is 9.75. The highest BCUT2D eigenvalue weighted by Crippen LogP contribution is 2.35. The van der Waals surface area contributed by atoms with Crippen molar-refractivity contribution in [2.45, 2.75) is 50.7 Å². The molecule has 3 aromatic rings. The molecule has 0 bridgehead atoms. The van der Waals surface area contributed by atoms with E-state index in [-0.39, 0.29) is 22.8 Å². The van der Waals surface area contributed by atoms with Crippen LogP contribution in [0.2, 0.25) is 0 Å². The molecule has 0 radical (unpaired) electrons. The van der Waals surface area contributed by atoms with E-state index in [2.05, 4.69) is 22.4 Å². The van der Waals surface area contributed by atoms with Crippen LogP contribution in [0, 0.1) is 0 Å². The molecule has 0 amide bonds. The SMILES string of the molecule is CCCCn1nnnc1COC(=O)c1ccc(OC)c(S(=O)(=O)N2CCCc3ccccc32)c1. The van der Waals surface area contributed by atoms with Gasteiger partial charge in [-0.2, -0.15) is 0 Å². The maximum Gasteiger partial charge on any atom is 0.338 e. The fourth-order valence-corrected chi connectivity index (χ4v) is 5.62. The Morgan fingerprint density at radius 3 is 2.79 bits per heavy atom. The molecule has 34 heavy (non-hydrogen) atoms. The Kier molecular flexibility index (Phi) is 7.11. The van der Waals surface area contributed by atoms with Gasteiger partial charge in [-0.25, -0.2) is 17.9 Å². The van der Waals surface area contributed by atoms with Crippen LogP contribution >= 0.6 is 0 Å². The highest BCUT2D eigenvalue weighted by atomic mass is 32.2. The van der Waals surface area contributed by atoms with Crippen molar-refractivity contribution in [1.82, 2.24) is 20.2 Å². The Bertz CT molecular complexity index is 1270. The molecule has 0 atom stereocenters. The van der Waals surface area contributed by atoms with E-state index in [0.717, 1.165) is 24.8 Å². The van der Waals surface area contributed by atoms with Gasteiger partial charge in [0.05, 0.1) is 18.4 Å². The fraction of sp³-hybridized carbons (Fsp3) is 0.391. The minimum absolute atomic E-state index is 0.0890. The summed E-state index contributed by atoms with van der Waals surface area (Å²) in [4.78, 5) is 12.7. The second kappa shape index (κ2) is 10.2. The molecule has 4 rings (SSSR count). The number of sulfonamides is 1. The Hall–Kier alpha value is -3.47. The lowest BCUT2D eigenvalue weighted by atomic mass is 10.0. The third-order valence-electron chi connectivity index (χ3n) is 5.70. The van der Waals surface area contributed by atoms with Gasteiger partial charge in [0, 0.05) is 13.1 Å². The van der Waals surface area contributed by atoms with Crippen LogP contribution in [0.25, 0.3) is 0 Å². The number of hydrogen-bond acceptors (Lipinski definition) is 8. The van der Waals surface area contributed by atoms with Gasteiger partial charge >= 0.3 is 5.97 Å². The quantitative estimate of drug-likeness (QED) is 0.425. The van der Waals surface area contributed by atoms with Crippen LogP contribution in [-0.2, 0) is 34.3 Å². The van der Waals surface area contributed by atoms with Gasteiger partial charge in [0.1, 0.15) is 10.6 Å². The number of aromatic nitrogens is 4. The largest absolute Gasteiger partial charge is 0.495 e. The second-order valence-electron chi connectivity index (χ2n) is 7.92. The number of unbranched alkanes of at least 4 members (excludes halogenated alkanes) is 1. The van der Waals surface area contributed by atoms with Crippen molar-refractivity contribution < 1.29 is 22.7 Å². The summed E-state index contributed by atoms with van der Waals surface area (Å²) in [6.45, 7) is 2.90. The van der Waals surface area contributed by atoms with E-state index in [1.54, 1.807) is 10.7 Å². The van der Waals surface area contributed by atoms with Gasteiger partial charge in [-0.1, -0.05) is 31.5 Å². The molecule has 10 nitrogen and oxygen atoms in total. The third-order valence-corrected chi connectivity index (χ3v) is 7.53. The first-order valence-corrected chi connectivity index (χ1v) is 12.6. The van der Waals surface area contributed by atoms with Crippen LogP contribution in [-0.4, -0.2) is 48.2 Å². The van der Waals surface area contributed by atoms with Crippen molar-refractivity contribution in [3.8, 4) is 5.75 Å². The molecule has 0 fully saturated rings. The lowest BCUT2D eigenvalue weighted by molar-refractivity contribution is 0.0456. The van der Waals surface area contributed by atoms with E-state index in [1.165, 1.54) is 29.6 Å². The van der Waals surface area contributed by atoms with Crippen molar-refractivity contribution >= 4 is 21.7 Å². The van der Waals surface area contributed by atoms with Crippen LogP contribution in [0.15, 0.2) is 47.4 Å². The van der Waals surface area contributed by atoms with E-state index in [4.69, 9.17) is 9.47 Å². The van der Waals surface area contributed by atoms with Gasteiger partial charge in [-0.15, -0.1) is 5.10 Å². The summed E-state index contributed by atoms with van der Waals surface area (Å²) in [6.07, 6.45) is 3.38. The standard InChI is InChI=1S/C23H27N5O5S/c1-3-4-13-27-22(24-25-26-27)16-33-23(29)18-11-12-20(32-2)21(15-18)34(30,31)28-14-7-9-17-8-5-6-10-19(17)28/h5-6,8,10-12,15H,3-4,7,9,13-14,16H2,1-2H3. The van der Waals surface area contributed by atoms with E-state index in [0.29, 0.717) is 31.0 Å². The predicted octanol–water partition coefficient (Wildman–Crippen LogP) is 2.98. The number of methoxy groups -OCH3 is 1. The van der Waals surface area contributed by atoms with Gasteiger partial charge < -0.3 is 9.47 Å². The van der Waals surface area contributed by atoms with Crippen molar-refractivity contribution in [3.05, 3.63) is 59.4 Å². The maximum absolute atomic E-state index is 13.7. The monoisotopic (exact) mass is 485 g/mol. The van der Waals surface area contributed by atoms with Crippen molar-refractivity contribution in [2.24, 2.45) is 0 Å². The number of carbonyl (C=O) groups excluding carboxylic acids is 1. The molecule has 1 aliphatic heterocycles. The number of fused-ring (bicyclic) bond motifs is 1. The predicted molar refractivity (Wildman–Crippen MR) is 124 cm³/mol. The number of para-hydroxylation sites is 1. The molecular formula is C23H27N5O5S.